The molecule has 21 heavy (non-hydrogen) atoms. The predicted molar refractivity (Wildman–Crippen MR) is 78.0 cm³/mol. The van der Waals surface area contributed by atoms with E-state index in [-0.39, 0.29) is 5.78 Å². The maximum absolute atomic E-state index is 12.7. The molecule has 0 aliphatic carbocycles. The van der Waals surface area contributed by atoms with Crippen LogP contribution in [0.3, 0.4) is 0 Å². The molecule has 2 N–H and O–H groups in total. The van der Waals surface area contributed by atoms with Gasteiger partial charge in [-0.2, -0.15) is 0 Å². The number of aryl methyl sites for hydroxylation is 2. The number of rotatable bonds is 3. The standard InChI is InChI=1S/C15H15N5O/c1-8-5-4-6-11(7-8)14(21)12-9(2)13(16-10(12)3)15-17-19-20-18-15/h4-7,16H,1-3H3,(H,17,18,19,20). The van der Waals surface area contributed by atoms with Gasteiger partial charge < -0.3 is 4.98 Å². The molecule has 3 rings (SSSR count). The molecule has 1 aromatic carbocycles. The fraction of sp³-hybridized carbons (Fsp3) is 0.200. The Morgan fingerprint density at radius 3 is 2.67 bits per heavy atom. The molecular weight excluding hydrogens is 266 g/mol. The van der Waals surface area contributed by atoms with E-state index in [4.69, 9.17) is 0 Å². The first-order valence-corrected chi connectivity index (χ1v) is 6.62. The highest BCUT2D eigenvalue weighted by molar-refractivity contribution is 6.11. The van der Waals surface area contributed by atoms with Crippen LogP contribution >= 0.6 is 0 Å². The van der Waals surface area contributed by atoms with Gasteiger partial charge in [0.15, 0.2) is 11.6 Å². The zero-order chi connectivity index (χ0) is 15.0. The van der Waals surface area contributed by atoms with Gasteiger partial charge >= 0.3 is 0 Å². The van der Waals surface area contributed by atoms with Gasteiger partial charge in [0, 0.05) is 16.8 Å². The zero-order valence-corrected chi connectivity index (χ0v) is 12.1. The van der Waals surface area contributed by atoms with Gasteiger partial charge in [0.2, 0.25) is 0 Å². The molecule has 6 nitrogen and oxygen atoms in total. The lowest BCUT2D eigenvalue weighted by Gasteiger charge is -2.03. The van der Waals surface area contributed by atoms with Crippen LogP contribution in [0.2, 0.25) is 0 Å². The lowest BCUT2D eigenvalue weighted by Crippen LogP contribution is -2.04. The van der Waals surface area contributed by atoms with E-state index in [1.165, 1.54) is 0 Å². The van der Waals surface area contributed by atoms with E-state index in [2.05, 4.69) is 25.6 Å². The summed E-state index contributed by atoms with van der Waals surface area (Å²) in [4.78, 5) is 15.9. The number of tetrazole rings is 1. The maximum Gasteiger partial charge on any atom is 0.196 e. The second-order valence-corrected chi connectivity index (χ2v) is 5.07. The third-order valence-corrected chi connectivity index (χ3v) is 3.53. The van der Waals surface area contributed by atoms with E-state index in [1.54, 1.807) is 0 Å². The second kappa shape index (κ2) is 4.97. The Hall–Kier alpha value is -2.76. The van der Waals surface area contributed by atoms with Crippen molar-refractivity contribution in [3.63, 3.8) is 0 Å². The van der Waals surface area contributed by atoms with Crippen molar-refractivity contribution in [1.29, 1.82) is 0 Å². The first-order valence-electron chi connectivity index (χ1n) is 6.62. The molecule has 2 heterocycles. The lowest BCUT2D eigenvalue weighted by molar-refractivity contribution is 0.103. The van der Waals surface area contributed by atoms with Crippen LogP contribution in [0.15, 0.2) is 24.3 Å². The van der Waals surface area contributed by atoms with Gasteiger partial charge in [-0.1, -0.05) is 23.8 Å². The lowest BCUT2D eigenvalue weighted by atomic mass is 9.98. The van der Waals surface area contributed by atoms with Crippen LogP contribution in [0, 0.1) is 20.8 Å². The summed E-state index contributed by atoms with van der Waals surface area (Å²) in [7, 11) is 0. The van der Waals surface area contributed by atoms with Crippen LogP contribution in [0.1, 0.15) is 32.7 Å². The van der Waals surface area contributed by atoms with E-state index in [0.717, 1.165) is 22.5 Å². The van der Waals surface area contributed by atoms with Crippen LogP contribution in [0.25, 0.3) is 11.5 Å². The highest BCUT2D eigenvalue weighted by Gasteiger charge is 2.21. The Morgan fingerprint density at radius 2 is 2.00 bits per heavy atom. The van der Waals surface area contributed by atoms with Gasteiger partial charge in [0.05, 0.1) is 5.69 Å². The predicted octanol–water partition coefficient (Wildman–Crippen LogP) is 2.35. The van der Waals surface area contributed by atoms with Gasteiger partial charge in [0.25, 0.3) is 0 Å². The molecule has 3 aromatic rings. The highest BCUT2D eigenvalue weighted by atomic mass is 16.1. The van der Waals surface area contributed by atoms with Crippen LogP contribution < -0.4 is 0 Å². The average Bonchev–Trinajstić information content (AvgIpc) is 3.06. The minimum absolute atomic E-state index is 0.00340. The summed E-state index contributed by atoms with van der Waals surface area (Å²) in [6.07, 6.45) is 0. The first-order chi connectivity index (χ1) is 10.1. The van der Waals surface area contributed by atoms with Crippen molar-refractivity contribution >= 4 is 5.78 Å². The van der Waals surface area contributed by atoms with Crippen molar-refractivity contribution in [3.8, 4) is 11.5 Å². The van der Waals surface area contributed by atoms with Crippen molar-refractivity contribution in [3.05, 3.63) is 52.2 Å². The number of aromatic nitrogens is 5. The largest absolute Gasteiger partial charge is 0.355 e. The average molecular weight is 281 g/mol. The number of H-pyrrole nitrogens is 2. The van der Waals surface area contributed by atoms with Gasteiger partial charge in [-0.3, -0.25) is 4.79 Å². The molecule has 0 spiro atoms. The van der Waals surface area contributed by atoms with Crippen LogP contribution in [0.5, 0.6) is 0 Å². The van der Waals surface area contributed by atoms with Crippen LogP contribution in [0.4, 0.5) is 0 Å². The third kappa shape index (κ3) is 2.24. The Morgan fingerprint density at radius 1 is 1.19 bits per heavy atom. The molecule has 0 amide bonds. The number of ketones is 1. The van der Waals surface area contributed by atoms with Crippen molar-refractivity contribution in [2.24, 2.45) is 0 Å². The van der Waals surface area contributed by atoms with Crippen molar-refractivity contribution < 1.29 is 4.79 Å². The topological polar surface area (TPSA) is 87.3 Å². The van der Waals surface area contributed by atoms with Crippen molar-refractivity contribution in [2.75, 3.05) is 0 Å². The van der Waals surface area contributed by atoms with Crippen LogP contribution in [-0.4, -0.2) is 31.4 Å². The molecule has 0 unspecified atom stereocenters. The van der Waals surface area contributed by atoms with Gasteiger partial charge in [0.1, 0.15) is 0 Å². The van der Waals surface area contributed by atoms with Gasteiger partial charge in [-0.05, 0) is 42.8 Å². The van der Waals surface area contributed by atoms with E-state index in [1.807, 2.05) is 45.0 Å². The Kier molecular flexibility index (Phi) is 3.13. The fourth-order valence-corrected chi connectivity index (χ4v) is 2.52. The molecule has 0 radical (unpaired) electrons. The minimum atomic E-state index is 0.00340. The van der Waals surface area contributed by atoms with Crippen LogP contribution in [-0.2, 0) is 0 Å². The quantitative estimate of drug-likeness (QED) is 0.721. The Bertz CT molecular complexity index is 802. The summed E-state index contributed by atoms with van der Waals surface area (Å²) < 4.78 is 0. The monoisotopic (exact) mass is 281 g/mol. The third-order valence-electron chi connectivity index (χ3n) is 3.53. The molecule has 0 aliphatic rings. The number of nitrogens with one attached hydrogen (secondary N) is 2. The molecule has 106 valence electrons. The molecule has 0 saturated heterocycles. The molecule has 6 heteroatoms. The summed E-state index contributed by atoms with van der Waals surface area (Å²) in [6.45, 7) is 5.74. The fourth-order valence-electron chi connectivity index (χ4n) is 2.52. The summed E-state index contributed by atoms with van der Waals surface area (Å²) in [5.74, 6) is 0.530. The molecule has 0 bridgehead atoms. The molecule has 2 aromatic heterocycles. The van der Waals surface area contributed by atoms with E-state index in [9.17, 15) is 4.79 Å². The number of benzene rings is 1. The summed E-state index contributed by atoms with van der Waals surface area (Å²) in [5.41, 5.74) is 4.82. The Labute approximate surface area is 121 Å². The smallest absolute Gasteiger partial charge is 0.196 e. The summed E-state index contributed by atoms with van der Waals surface area (Å²) >= 11 is 0. The molecule has 0 atom stereocenters. The number of carbonyl (C=O) groups excluding carboxylic acids is 1. The van der Waals surface area contributed by atoms with E-state index >= 15 is 0 Å². The zero-order valence-electron chi connectivity index (χ0n) is 12.1. The number of carbonyl (C=O) groups is 1. The van der Waals surface area contributed by atoms with Gasteiger partial charge in [-0.15, -0.1) is 5.10 Å². The van der Waals surface area contributed by atoms with E-state index < -0.39 is 0 Å². The molecule has 0 aliphatic heterocycles. The number of hydrogen-bond acceptors (Lipinski definition) is 4. The highest BCUT2D eigenvalue weighted by Crippen LogP contribution is 2.26. The maximum atomic E-state index is 12.7. The Balaban J connectivity index is 2.09. The second-order valence-electron chi connectivity index (χ2n) is 5.07. The first kappa shape index (κ1) is 13.2. The summed E-state index contributed by atoms with van der Waals surface area (Å²) in [6, 6.07) is 7.58. The minimum Gasteiger partial charge on any atom is -0.355 e. The van der Waals surface area contributed by atoms with Crippen molar-refractivity contribution in [1.82, 2.24) is 25.6 Å². The van der Waals surface area contributed by atoms with Crippen molar-refractivity contribution in [2.45, 2.75) is 20.8 Å². The number of nitrogens with zero attached hydrogens (tertiary/aromatic N) is 3. The van der Waals surface area contributed by atoms with Gasteiger partial charge in [-0.25, -0.2) is 5.10 Å². The molecule has 0 saturated carbocycles. The number of hydrogen-bond donors (Lipinski definition) is 2. The normalized spacial score (nSPS) is 10.8. The summed E-state index contributed by atoms with van der Waals surface area (Å²) in [5, 5.41) is 13.7. The molecule has 0 fully saturated rings. The number of aromatic amines is 2. The van der Waals surface area contributed by atoms with E-state index in [0.29, 0.717) is 17.0 Å². The molecular formula is C15H15N5O. The SMILES string of the molecule is Cc1cccc(C(=O)c2c(C)[nH]c(-c3nnn[nH]3)c2C)c1.